The van der Waals surface area contributed by atoms with E-state index in [9.17, 15) is 0 Å². The van der Waals surface area contributed by atoms with Crippen molar-refractivity contribution in [1.29, 1.82) is 5.26 Å². The van der Waals surface area contributed by atoms with Crippen LogP contribution in [-0.4, -0.2) is 24.5 Å². The zero-order chi connectivity index (χ0) is 9.68. The highest BCUT2D eigenvalue weighted by Crippen LogP contribution is 2.15. The summed E-state index contributed by atoms with van der Waals surface area (Å²) < 4.78 is 0. The minimum Gasteiger partial charge on any atom is -0.298 e. The predicted molar refractivity (Wildman–Crippen MR) is 54.2 cm³/mol. The molecule has 13 heavy (non-hydrogen) atoms. The Balaban J connectivity index is 2.35. The van der Waals surface area contributed by atoms with Gasteiger partial charge in [-0.2, -0.15) is 5.26 Å². The number of nitriles is 1. The topological polar surface area (TPSA) is 27.0 Å². The molecule has 1 aliphatic heterocycles. The van der Waals surface area contributed by atoms with E-state index >= 15 is 0 Å². The van der Waals surface area contributed by atoms with Crippen molar-refractivity contribution >= 4 is 0 Å². The summed E-state index contributed by atoms with van der Waals surface area (Å²) in [5, 5.41) is 8.79. The van der Waals surface area contributed by atoms with E-state index in [1.807, 2.05) is 0 Å². The first-order chi connectivity index (χ1) is 6.22. The van der Waals surface area contributed by atoms with Gasteiger partial charge in [0.25, 0.3) is 0 Å². The molecule has 0 radical (unpaired) electrons. The molecule has 1 fully saturated rings. The maximum Gasteiger partial charge on any atom is 0.0669 e. The molecule has 0 spiro atoms. The third-order valence-electron chi connectivity index (χ3n) is 2.45. The Morgan fingerprint density at radius 1 is 1.62 bits per heavy atom. The van der Waals surface area contributed by atoms with E-state index in [0.29, 0.717) is 0 Å². The maximum atomic E-state index is 8.79. The zero-order valence-corrected chi connectivity index (χ0v) is 8.58. The summed E-state index contributed by atoms with van der Waals surface area (Å²) in [7, 11) is 0. The second-order valence-corrected chi connectivity index (χ2v) is 4.01. The molecule has 0 aliphatic carbocycles. The van der Waals surface area contributed by atoms with Crippen molar-refractivity contribution in [2.24, 2.45) is 5.92 Å². The highest BCUT2D eigenvalue weighted by atomic mass is 15.1. The minimum absolute atomic E-state index is 0.263. The fourth-order valence-corrected chi connectivity index (χ4v) is 1.64. The molecule has 2 nitrogen and oxygen atoms in total. The first-order valence-corrected chi connectivity index (χ1v) is 4.97. The second-order valence-electron chi connectivity index (χ2n) is 4.01. The van der Waals surface area contributed by atoms with Crippen LogP contribution in [0.2, 0.25) is 0 Å². The van der Waals surface area contributed by atoms with Crippen molar-refractivity contribution in [2.75, 3.05) is 19.6 Å². The maximum absolute atomic E-state index is 8.79. The summed E-state index contributed by atoms with van der Waals surface area (Å²) in [6.45, 7) is 7.36. The van der Waals surface area contributed by atoms with Gasteiger partial charge in [-0.25, -0.2) is 0 Å². The third-order valence-corrected chi connectivity index (χ3v) is 2.45. The molecule has 0 bridgehead atoms. The van der Waals surface area contributed by atoms with Crippen LogP contribution in [-0.2, 0) is 0 Å². The van der Waals surface area contributed by atoms with Crippen LogP contribution in [0.3, 0.4) is 0 Å². The zero-order valence-electron chi connectivity index (χ0n) is 8.58. The lowest BCUT2D eigenvalue weighted by Crippen LogP contribution is -2.34. The second kappa shape index (κ2) is 5.04. The van der Waals surface area contributed by atoms with Gasteiger partial charge in [0.05, 0.1) is 12.0 Å². The fraction of sp³-hybridized carbons (Fsp3) is 0.727. The molecule has 0 aromatic rings. The SMILES string of the molecule is CC(C)=CCN1CCCC(C#N)C1. The summed E-state index contributed by atoms with van der Waals surface area (Å²) in [6, 6.07) is 2.36. The molecule has 0 aromatic heterocycles. The van der Waals surface area contributed by atoms with E-state index in [4.69, 9.17) is 5.26 Å². The Morgan fingerprint density at radius 2 is 2.38 bits per heavy atom. The quantitative estimate of drug-likeness (QED) is 0.606. The van der Waals surface area contributed by atoms with Crippen molar-refractivity contribution in [3.8, 4) is 6.07 Å². The Labute approximate surface area is 80.8 Å². The van der Waals surface area contributed by atoms with Crippen molar-refractivity contribution < 1.29 is 0 Å². The largest absolute Gasteiger partial charge is 0.298 e. The summed E-state index contributed by atoms with van der Waals surface area (Å²) in [6.07, 6.45) is 4.50. The normalized spacial score (nSPS) is 23.6. The van der Waals surface area contributed by atoms with E-state index in [0.717, 1.165) is 26.1 Å². The van der Waals surface area contributed by atoms with E-state index in [-0.39, 0.29) is 5.92 Å². The van der Waals surface area contributed by atoms with Gasteiger partial charge in [0, 0.05) is 13.1 Å². The van der Waals surface area contributed by atoms with Gasteiger partial charge in [0.15, 0.2) is 0 Å². The van der Waals surface area contributed by atoms with Crippen molar-refractivity contribution in [1.82, 2.24) is 4.90 Å². The third kappa shape index (κ3) is 3.61. The van der Waals surface area contributed by atoms with Gasteiger partial charge in [-0.3, -0.25) is 4.90 Å². The fourth-order valence-electron chi connectivity index (χ4n) is 1.64. The van der Waals surface area contributed by atoms with Crippen molar-refractivity contribution in [2.45, 2.75) is 26.7 Å². The molecule has 0 amide bonds. The van der Waals surface area contributed by atoms with Gasteiger partial charge in [-0.15, -0.1) is 0 Å². The molecule has 1 saturated heterocycles. The Kier molecular flexibility index (Phi) is 3.98. The highest BCUT2D eigenvalue weighted by molar-refractivity contribution is 4.97. The van der Waals surface area contributed by atoms with E-state index in [1.54, 1.807) is 0 Å². The molecule has 1 aliphatic rings. The molecule has 2 heteroatoms. The van der Waals surface area contributed by atoms with Gasteiger partial charge < -0.3 is 0 Å². The summed E-state index contributed by atoms with van der Waals surface area (Å²) in [4.78, 5) is 2.37. The number of hydrogen-bond donors (Lipinski definition) is 0. The molecular formula is C11H18N2. The average molecular weight is 178 g/mol. The Bertz CT molecular complexity index is 221. The average Bonchev–Trinajstić information content (AvgIpc) is 2.15. The monoisotopic (exact) mass is 178 g/mol. The van der Waals surface area contributed by atoms with Crippen LogP contribution >= 0.6 is 0 Å². The summed E-state index contributed by atoms with van der Waals surface area (Å²) in [5.74, 6) is 0.263. The molecule has 1 unspecified atom stereocenters. The molecular weight excluding hydrogens is 160 g/mol. The molecule has 0 saturated carbocycles. The smallest absolute Gasteiger partial charge is 0.0669 e. The standard InChI is InChI=1S/C11H18N2/c1-10(2)5-7-13-6-3-4-11(8-12)9-13/h5,11H,3-4,6-7,9H2,1-2H3. The Morgan fingerprint density at radius 3 is 3.00 bits per heavy atom. The minimum atomic E-state index is 0.263. The van der Waals surface area contributed by atoms with Gasteiger partial charge >= 0.3 is 0 Å². The van der Waals surface area contributed by atoms with Crippen LogP contribution in [0.5, 0.6) is 0 Å². The molecule has 1 heterocycles. The van der Waals surface area contributed by atoms with Crippen LogP contribution in [0.25, 0.3) is 0 Å². The van der Waals surface area contributed by atoms with E-state index in [2.05, 4.69) is 30.9 Å². The molecule has 0 N–H and O–H groups in total. The Hall–Kier alpha value is -0.810. The first kappa shape index (κ1) is 10.3. The predicted octanol–water partition coefficient (Wildman–Crippen LogP) is 2.19. The van der Waals surface area contributed by atoms with Crippen molar-refractivity contribution in [3.63, 3.8) is 0 Å². The van der Waals surface area contributed by atoms with E-state index < -0.39 is 0 Å². The van der Waals surface area contributed by atoms with Crippen LogP contribution < -0.4 is 0 Å². The van der Waals surface area contributed by atoms with Crippen LogP contribution in [0.15, 0.2) is 11.6 Å². The van der Waals surface area contributed by atoms with Gasteiger partial charge in [0.2, 0.25) is 0 Å². The number of piperidine rings is 1. The molecule has 72 valence electrons. The van der Waals surface area contributed by atoms with Gasteiger partial charge in [0.1, 0.15) is 0 Å². The van der Waals surface area contributed by atoms with Crippen LogP contribution in [0.1, 0.15) is 26.7 Å². The van der Waals surface area contributed by atoms with Gasteiger partial charge in [-0.05, 0) is 33.2 Å². The molecule has 1 atom stereocenters. The lowest BCUT2D eigenvalue weighted by Gasteiger charge is -2.28. The van der Waals surface area contributed by atoms with E-state index in [1.165, 1.54) is 12.0 Å². The van der Waals surface area contributed by atoms with Crippen LogP contribution in [0, 0.1) is 17.2 Å². The molecule has 1 rings (SSSR count). The number of allylic oxidation sites excluding steroid dienone is 1. The van der Waals surface area contributed by atoms with Crippen LogP contribution in [0.4, 0.5) is 0 Å². The number of rotatable bonds is 2. The van der Waals surface area contributed by atoms with Gasteiger partial charge in [-0.1, -0.05) is 11.6 Å². The van der Waals surface area contributed by atoms with Crippen molar-refractivity contribution in [3.05, 3.63) is 11.6 Å². The highest BCUT2D eigenvalue weighted by Gasteiger charge is 2.17. The molecule has 0 aromatic carbocycles. The first-order valence-electron chi connectivity index (χ1n) is 4.97. The summed E-state index contributed by atoms with van der Waals surface area (Å²) in [5.41, 5.74) is 1.36. The number of nitrogens with zero attached hydrogens (tertiary/aromatic N) is 2. The lowest BCUT2D eigenvalue weighted by molar-refractivity contribution is 0.219. The number of likely N-dealkylation sites (tertiary alicyclic amines) is 1. The number of hydrogen-bond acceptors (Lipinski definition) is 2. The summed E-state index contributed by atoms with van der Waals surface area (Å²) >= 11 is 0. The lowest BCUT2D eigenvalue weighted by atomic mass is 10.00.